The van der Waals surface area contributed by atoms with Gasteiger partial charge in [-0.2, -0.15) is 0 Å². The predicted octanol–water partition coefficient (Wildman–Crippen LogP) is 3.88. The minimum atomic E-state index is -0.693. The topological polar surface area (TPSA) is 89.0 Å². The van der Waals surface area contributed by atoms with Crippen molar-refractivity contribution in [2.45, 2.75) is 33.2 Å². The number of nitrogens with zero attached hydrogens (tertiary/aromatic N) is 2. The average molecular weight is 439 g/mol. The molecule has 1 N–H and O–H groups in total. The zero-order valence-electron chi connectivity index (χ0n) is 19.0. The van der Waals surface area contributed by atoms with Gasteiger partial charge in [-0.15, -0.1) is 0 Å². The second-order valence-electron chi connectivity index (χ2n) is 8.30. The number of rotatable bonds is 9. The Morgan fingerprint density at radius 1 is 1.19 bits per heavy atom. The molecule has 1 aliphatic rings. The Labute approximate surface area is 188 Å². The normalized spacial score (nSPS) is 17.9. The molecule has 1 saturated heterocycles. The average Bonchev–Trinajstić information content (AvgIpc) is 3.03. The van der Waals surface area contributed by atoms with Gasteiger partial charge in [-0.3, -0.25) is 14.6 Å². The highest BCUT2D eigenvalue weighted by molar-refractivity contribution is 6.46. The molecule has 0 aliphatic carbocycles. The Morgan fingerprint density at radius 3 is 2.53 bits per heavy atom. The summed E-state index contributed by atoms with van der Waals surface area (Å²) in [4.78, 5) is 31.4. The number of aliphatic hydroxyl groups excluding tert-OH is 1. The molecule has 1 aromatic carbocycles. The summed E-state index contributed by atoms with van der Waals surface area (Å²) in [7, 11) is 1.59. The Hall–Kier alpha value is -3.19. The van der Waals surface area contributed by atoms with E-state index in [0.29, 0.717) is 49.0 Å². The highest BCUT2D eigenvalue weighted by Crippen LogP contribution is 2.40. The SMILES string of the molecule is COCCCN1C(=O)C(=O)C(=C(O)c2ccc(OCC(C)C)cc2C)C1c1ccncc1. The molecule has 3 rings (SSSR count). The molecule has 1 aliphatic heterocycles. The fourth-order valence-electron chi connectivity index (χ4n) is 3.78. The van der Waals surface area contributed by atoms with Gasteiger partial charge in [-0.1, -0.05) is 13.8 Å². The molecule has 7 nitrogen and oxygen atoms in total. The van der Waals surface area contributed by atoms with Gasteiger partial charge in [-0.05, 0) is 60.7 Å². The monoisotopic (exact) mass is 438 g/mol. The Balaban J connectivity index is 2.04. The maximum absolute atomic E-state index is 13.0. The van der Waals surface area contributed by atoms with Crippen molar-refractivity contribution in [2.75, 3.05) is 26.9 Å². The van der Waals surface area contributed by atoms with Crippen molar-refractivity contribution in [1.82, 2.24) is 9.88 Å². The number of ketones is 1. The maximum atomic E-state index is 13.0. The summed E-state index contributed by atoms with van der Waals surface area (Å²) in [6.45, 7) is 7.36. The highest BCUT2D eigenvalue weighted by atomic mass is 16.5. The molecule has 0 bridgehead atoms. The number of likely N-dealkylation sites (tertiary alicyclic amines) is 1. The molecule has 1 fully saturated rings. The number of pyridine rings is 1. The van der Waals surface area contributed by atoms with Gasteiger partial charge in [-0.25, -0.2) is 0 Å². The third kappa shape index (κ3) is 4.99. The summed E-state index contributed by atoms with van der Waals surface area (Å²) >= 11 is 0. The Morgan fingerprint density at radius 2 is 1.91 bits per heavy atom. The van der Waals surface area contributed by atoms with Gasteiger partial charge in [0, 0.05) is 38.2 Å². The van der Waals surface area contributed by atoms with Crippen molar-refractivity contribution in [3.63, 3.8) is 0 Å². The lowest BCUT2D eigenvalue weighted by Crippen LogP contribution is -2.31. The first-order valence-electron chi connectivity index (χ1n) is 10.8. The first-order chi connectivity index (χ1) is 15.3. The second-order valence-corrected chi connectivity index (χ2v) is 8.30. The van der Waals surface area contributed by atoms with Crippen molar-refractivity contribution in [2.24, 2.45) is 5.92 Å². The van der Waals surface area contributed by atoms with E-state index < -0.39 is 17.7 Å². The van der Waals surface area contributed by atoms with Crippen LogP contribution in [-0.4, -0.2) is 53.5 Å². The van der Waals surface area contributed by atoms with E-state index in [0.717, 1.165) is 5.56 Å². The number of aromatic nitrogens is 1. The molecular formula is C25H30N2O5. The molecule has 1 unspecified atom stereocenters. The fourth-order valence-corrected chi connectivity index (χ4v) is 3.78. The van der Waals surface area contributed by atoms with Crippen molar-refractivity contribution < 1.29 is 24.2 Å². The van der Waals surface area contributed by atoms with E-state index in [4.69, 9.17) is 9.47 Å². The van der Waals surface area contributed by atoms with Crippen LogP contribution >= 0.6 is 0 Å². The summed E-state index contributed by atoms with van der Waals surface area (Å²) in [5.74, 6) is -0.427. The third-order valence-corrected chi connectivity index (χ3v) is 5.35. The standard InChI is InChI=1S/C25H30N2O5/c1-16(2)15-32-19-6-7-20(17(3)14-19)23(28)21-22(18-8-10-26-11-9-18)27(12-5-13-31-4)25(30)24(21)29/h6-11,14,16,22,28H,5,12-13,15H2,1-4H3. The molecule has 170 valence electrons. The number of aliphatic hydroxyl groups is 1. The molecule has 1 atom stereocenters. The summed E-state index contributed by atoms with van der Waals surface area (Å²) in [5, 5.41) is 11.2. The molecule has 0 saturated carbocycles. The van der Waals surface area contributed by atoms with Crippen LogP contribution in [0.25, 0.3) is 5.76 Å². The summed E-state index contributed by atoms with van der Waals surface area (Å²) in [6.07, 6.45) is 3.79. The minimum absolute atomic E-state index is 0.0811. The van der Waals surface area contributed by atoms with Gasteiger partial charge in [0.2, 0.25) is 0 Å². The molecule has 0 radical (unpaired) electrons. The van der Waals surface area contributed by atoms with Crippen molar-refractivity contribution >= 4 is 17.4 Å². The number of hydrogen-bond donors (Lipinski definition) is 1. The molecule has 1 amide bonds. The number of carbonyl (C=O) groups is 2. The van der Waals surface area contributed by atoms with Crippen molar-refractivity contribution in [3.8, 4) is 5.75 Å². The largest absolute Gasteiger partial charge is 0.507 e. The van der Waals surface area contributed by atoms with Crippen LogP contribution in [0.4, 0.5) is 0 Å². The molecule has 7 heteroatoms. The Bertz CT molecular complexity index is 1000. The number of Topliss-reactive ketones (excluding diaryl/α,β-unsaturated/α-hetero) is 1. The number of methoxy groups -OCH3 is 1. The van der Waals surface area contributed by atoms with Crippen LogP contribution < -0.4 is 4.74 Å². The molecule has 2 aromatic rings. The first-order valence-corrected chi connectivity index (χ1v) is 10.8. The van der Waals surface area contributed by atoms with Gasteiger partial charge in [0.1, 0.15) is 11.5 Å². The van der Waals surface area contributed by atoms with E-state index in [1.807, 2.05) is 13.0 Å². The van der Waals surface area contributed by atoms with E-state index >= 15 is 0 Å². The van der Waals surface area contributed by atoms with Crippen molar-refractivity contribution in [1.29, 1.82) is 0 Å². The molecule has 0 spiro atoms. The van der Waals surface area contributed by atoms with E-state index in [-0.39, 0.29) is 11.3 Å². The van der Waals surface area contributed by atoms with Crippen LogP contribution in [0.5, 0.6) is 5.75 Å². The lowest BCUT2D eigenvalue weighted by Gasteiger charge is -2.25. The van der Waals surface area contributed by atoms with Crippen LogP contribution in [0.3, 0.4) is 0 Å². The van der Waals surface area contributed by atoms with Gasteiger partial charge in [0.15, 0.2) is 0 Å². The number of aryl methyl sites for hydroxylation is 1. The third-order valence-electron chi connectivity index (χ3n) is 5.35. The molecular weight excluding hydrogens is 408 g/mol. The molecule has 1 aromatic heterocycles. The fraction of sp³-hybridized carbons (Fsp3) is 0.400. The van der Waals surface area contributed by atoms with Gasteiger partial charge >= 0.3 is 0 Å². The zero-order valence-corrected chi connectivity index (χ0v) is 19.0. The van der Waals surface area contributed by atoms with Crippen LogP contribution in [-0.2, 0) is 14.3 Å². The number of benzene rings is 1. The quantitative estimate of drug-likeness (QED) is 0.277. The van der Waals surface area contributed by atoms with Crippen molar-refractivity contribution in [3.05, 3.63) is 65.0 Å². The summed E-state index contributed by atoms with van der Waals surface area (Å²) in [6, 6.07) is 8.13. The second kappa shape index (κ2) is 10.4. The first kappa shape index (κ1) is 23.5. The van der Waals surface area contributed by atoms with E-state index in [1.165, 1.54) is 4.90 Å². The maximum Gasteiger partial charge on any atom is 0.295 e. The lowest BCUT2D eigenvalue weighted by atomic mass is 9.94. The molecule has 2 heterocycles. The summed E-state index contributed by atoms with van der Waals surface area (Å²) in [5.41, 5.74) is 2.05. The van der Waals surface area contributed by atoms with Crippen LogP contribution in [0.2, 0.25) is 0 Å². The van der Waals surface area contributed by atoms with E-state index in [1.54, 1.807) is 43.8 Å². The molecule has 32 heavy (non-hydrogen) atoms. The van der Waals surface area contributed by atoms with Gasteiger partial charge in [0.25, 0.3) is 11.7 Å². The lowest BCUT2D eigenvalue weighted by molar-refractivity contribution is -0.140. The number of ether oxygens (including phenoxy) is 2. The van der Waals surface area contributed by atoms with E-state index in [9.17, 15) is 14.7 Å². The van der Waals surface area contributed by atoms with E-state index in [2.05, 4.69) is 18.8 Å². The van der Waals surface area contributed by atoms with Crippen LogP contribution in [0, 0.1) is 12.8 Å². The zero-order chi connectivity index (χ0) is 23.3. The smallest absolute Gasteiger partial charge is 0.295 e. The van der Waals surface area contributed by atoms with Gasteiger partial charge < -0.3 is 19.5 Å². The van der Waals surface area contributed by atoms with Crippen LogP contribution in [0.1, 0.15) is 43.0 Å². The number of amides is 1. The summed E-state index contributed by atoms with van der Waals surface area (Å²) < 4.78 is 10.9. The number of carbonyl (C=O) groups excluding carboxylic acids is 2. The highest BCUT2D eigenvalue weighted by Gasteiger charge is 2.45. The predicted molar refractivity (Wildman–Crippen MR) is 121 cm³/mol. The Kier molecular flexibility index (Phi) is 7.64. The minimum Gasteiger partial charge on any atom is -0.507 e. The number of hydrogen-bond acceptors (Lipinski definition) is 6. The van der Waals surface area contributed by atoms with Gasteiger partial charge in [0.05, 0.1) is 18.2 Å². The van der Waals surface area contributed by atoms with Crippen LogP contribution in [0.15, 0.2) is 48.3 Å².